The van der Waals surface area contributed by atoms with Crippen molar-refractivity contribution < 1.29 is 37.5 Å². The van der Waals surface area contributed by atoms with E-state index in [1.807, 2.05) is 45.9 Å². The monoisotopic (exact) mass is 280 g/mol. The molecule has 1 N–H and O–H groups in total. The van der Waals surface area contributed by atoms with Gasteiger partial charge in [0.1, 0.15) is 0 Å². The Labute approximate surface area is 117 Å². The predicted octanol–water partition coefficient (Wildman–Crippen LogP) is 2.90. The van der Waals surface area contributed by atoms with Crippen LogP contribution in [0.2, 0.25) is 0 Å². The maximum Gasteiger partial charge on any atom is 0.226 e. The number of hydrogen-bond acceptors (Lipinski definition) is 1. The molecular formula is C12H17NOY. The summed E-state index contributed by atoms with van der Waals surface area (Å²) in [7, 11) is 0. The second kappa shape index (κ2) is 6.39. The molecule has 15 heavy (non-hydrogen) atoms. The molecule has 1 rings (SSSR count). The molecule has 1 aromatic carbocycles. The summed E-state index contributed by atoms with van der Waals surface area (Å²) in [5.74, 6) is 0.0939. The van der Waals surface area contributed by atoms with Crippen LogP contribution in [0, 0.1) is 19.8 Å². The molecule has 0 saturated carbocycles. The van der Waals surface area contributed by atoms with E-state index in [2.05, 4.69) is 5.32 Å². The molecule has 1 aromatic rings. The molecule has 0 heterocycles. The molecule has 0 fully saturated rings. The summed E-state index contributed by atoms with van der Waals surface area (Å²) in [5, 5.41) is 2.94. The summed E-state index contributed by atoms with van der Waals surface area (Å²) < 4.78 is 0. The zero-order valence-corrected chi connectivity index (χ0v) is 12.6. The number of amides is 1. The Bertz CT molecular complexity index is 327. The minimum Gasteiger partial charge on any atom is -0.325 e. The Balaban J connectivity index is 0.00000196. The largest absolute Gasteiger partial charge is 0.325 e. The van der Waals surface area contributed by atoms with Crippen molar-refractivity contribution in [2.24, 2.45) is 5.92 Å². The van der Waals surface area contributed by atoms with Gasteiger partial charge in [0.2, 0.25) is 5.91 Å². The van der Waals surface area contributed by atoms with Crippen molar-refractivity contribution in [2.75, 3.05) is 5.32 Å². The van der Waals surface area contributed by atoms with Crippen molar-refractivity contribution in [2.45, 2.75) is 27.7 Å². The van der Waals surface area contributed by atoms with Gasteiger partial charge < -0.3 is 5.32 Å². The zero-order chi connectivity index (χ0) is 10.7. The fourth-order valence-electron chi connectivity index (χ4n) is 1.28. The Kier molecular flexibility index (Phi) is 6.30. The van der Waals surface area contributed by atoms with Gasteiger partial charge in [-0.1, -0.05) is 32.0 Å². The topological polar surface area (TPSA) is 29.1 Å². The summed E-state index contributed by atoms with van der Waals surface area (Å²) in [5.41, 5.74) is 3.17. The number of aryl methyl sites for hydroxylation is 2. The van der Waals surface area contributed by atoms with Gasteiger partial charge in [0.05, 0.1) is 0 Å². The van der Waals surface area contributed by atoms with Crippen molar-refractivity contribution in [3.05, 3.63) is 29.3 Å². The number of rotatable bonds is 2. The minimum atomic E-state index is 0. The normalized spacial score (nSPS) is 9.67. The molecule has 0 aliphatic rings. The summed E-state index contributed by atoms with van der Waals surface area (Å²) in [6.07, 6.45) is 0. The van der Waals surface area contributed by atoms with Crippen LogP contribution in [0.25, 0.3) is 0 Å². The second-order valence-electron chi connectivity index (χ2n) is 3.91. The molecule has 0 aliphatic heterocycles. The van der Waals surface area contributed by atoms with Gasteiger partial charge in [-0.25, -0.2) is 0 Å². The summed E-state index contributed by atoms with van der Waals surface area (Å²) in [6.45, 7) is 7.79. The molecule has 0 atom stereocenters. The van der Waals surface area contributed by atoms with Gasteiger partial charge in [-0.05, 0) is 25.0 Å². The van der Waals surface area contributed by atoms with Gasteiger partial charge in [0.25, 0.3) is 0 Å². The van der Waals surface area contributed by atoms with E-state index in [4.69, 9.17) is 0 Å². The first-order valence-electron chi connectivity index (χ1n) is 4.89. The van der Waals surface area contributed by atoms with Crippen LogP contribution in [0.5, 0.6) is 0 Å². The van der Waals surface area contributed by atoms with Crippen LogP contribution in [-0.2, 0) is 37.5 Å². The number of benzene rings is 1. The number of anilines is 1. The summed E-state index contributed by atoms with van der Waals surface area (Å²) in [4.78, 5) is 11.5. The average molecular weight is 280 g/mol. The molecule has 2 nitrogen and oxygen atoms in total. The number of carbonyl (C=O) groups excluding carboxylic acids is 1. The van der Waals surface area contributed by atoms with Crippen LogP contribution in [-0.4, -0.2) is 5.91 Å². The predicted molar refractivity (Wildman–Crippen MR) is 59.4 cm³/mol. The van der Waals surface area contributed by atoms with E-state index in [1.165, 1.54) is 0 Å². The first-order chi connectivity index (χ1) is 6.52. The number of hydrogen-bond donors (Lipinski definition) is 1. The smallest absolute Gasteiger partial charge is 0.226 e. The van der Waals surface area contributed by atoms with E-state index >= 15 is 0 Å². The quantitative estimate of drug-likeness (QED) is 0.886. The van der Waals surface area contributed by atoms with Gasteiger partial charge in [-0.3, -0.25) is 4.79 Å². The average Bonchev–Trinajstić information content (AvgIpc) is 2.11. The van der Waals surface area contributed by atoms with Gasteiger partial charge in [-0.2, -0.15) is 0 Å². The van der Waals surface area contributed by atoms with Crippen molar-refractivity contribution >= 4 is 11.6 Å². The van der Waals surface area contributed by atoms with E-state index in [9.17, 15) is 4.79 Å². The molecule has 0 unspecified atom stereocenters. The van der Waals surface area contributed by atoms with Crippen molar-refractivity contribution in [3.8, 4) is 0 Å². The Morgan fingerprint density at radius 1 is 1.20 bits per heavy atom. The van der Waals surface area contributed by atoms with Gasteiger partial charge in [0, 0.05) is 44.3 Å². The van der Waals surface area contributed by atoms with Gasteiger partial charge in [-0.15, -0.1) is 0 Å². The third kappa shape index (κ3) is 4.04. The minimum absolute atomic E-state index is 0. The molecule has 0 spiro atoms. The van der Waals surface area contributed by atoms with Crippen LogP contribution in [0.15, 0.2) is 18.2 Å². The standard InChI is InChI=1S/C12H17NO.Y/c1-8(2)12(14)13-11-9(3)6-5-7-10(11)4;/h5-8H,1-4H3,(H,13,14);. The van der Waals surface area contributed by atoms with Crippen molar-refractivity contribution in [3.63, 3.8) is 0 Å². The molecule has 1 amide bonds. The van der Waals surface area contributed by atoms with E-state index in [0.717, 1.165) is 16.8 Å². The Morgan fingerprint density at radius 3 is 2.07 bits per heavy atom. The van der Waals surface area contributed by atoms with Crippen molar-refractivity contribution in [1.82, 2.24) is 0 Å². The van der Waals surface area contributed by atoms with Crippen LogP contribution in [0.4, 0.5) is 5.69 Å². The fourth-order valence-corrected chi connectivity index (χ4v) is 1.28. The van der Waals surface area contributed by atoms with Crippen molar-refractivity contribution in [1.29, 1.82) is 0 Å². The molecule has 1 radical (unpaired) electrons. The number of nitrogens with one attached hydrogen (secondary N) is 1. The van der Waals surface area contributed by atoms with E-state index < -0.39 is 0 Å². The first kappa shape index (κ1) is 14.8. The molecule has 0 aliphatic carbocycles. The third-order valence-corrected chi connectivity index (χ3v) is 2.25. The third-order valence-electron chi connectivity index (χ3n) is 2.25. The maximum absolute atomic E-state index is 11.5. The van der Waals surface area contributed by atoms with E-state index in [0.29, 0.717) is 0 Å². The molecule has 0 bridgehead atoms. The van der Waals surface area contributed by atoms with E-state index in [1.54, 1.807) is 0 Å². The number of carbonyl (C=O) groups is 1. The summed E-state index contributed by atoms with van der Waals surface area (Å²) in [6, 6.07) is 6.00. The molecule has 79 valence electrons. The summed E-state index contributed by atoms with van der Waals surface area (Å²) >= 11 is 0. The molecule has 3 heteroatoms. The van der Waals surface area contributed by atoms with Crippen LogP contribution < -0.4 is 5.32 Å². The maximum atomic E-state index is 11.5. The molecular weight excluding hydrogens is 263 g/mol. The SMILES string of the molecule is Cc1cccc(C)c1NC(=O)C(C)C.[Y]. The zero-order valence-electron chi connectivity index (χ0n) is 9.79. The van der Waals surface area contributed by atoms with Gasteiger partial charge in [0.15, 0.2) is 0 Å². The van der Waals surface area contributed by atoms with Crippen LogP contribution >= 0.6 is 0 Å². The van der Waals surface area contributed by atoms with Crippen LogP contribution in [0.1, 0.15) is 25.0 Å². The first-order valence-corrected chi connectivity index (χ1v) is 4.89. The van der Waals surface area contributed by atoms with Crippen LogP contribution in [0.3, 0.4) is 0 Å². The second-order valence-corrected chi connectivity index (χ2v) is 3.91. The molecule has 0 aromatic heterocycles. The number of para-hydroxylation sites is 1. The van der Waals surface area contributed by atoms with E-state index in [-0.39, 0.29) is 44.5 Å². The van der Waals surface area contributed by atoms with Gasteiger partial charge >= 0.3 is 0 Å². The Morgan fingerprint density at radius 2 is 1.67 bits per heavy atom. The molecule has 0 saturated heterocycles. The fraction of sp³-hybridized carbons (Fsp3) is 0.417. The Hall–Kier alpha value is -0.206.